The van der Waals surface area contributed by atoms with E-state index in [1.54, 1.807) is 19.2 Å². The van der Waals surface area contributed by atoms with Crippen molar-refractivity contribution < 1.29 is 9.18 Å². The summed E-state index contributed by atoms with van der Waals surface area (Å²) in [5.41, 5.74) is 0.321. The lowest BCUT2D eigenvalue weighted by atomic mass is 9.96. The molecule has 9 heteroatoms. The van der Waals surface area contributed by atoms with E-state index in [1.165, 1.54) is 42.0 Å². The molecule has 1 heterocycles. The normalized spacial score (nSPS) is 15.2. The summed E-state index contributed by atoms with van der Waals surface area (Å²) in [6, 6.07) is 4.81. The van der Waals surface area contributed by atoms with Crippen LogP contribution in [0.15, 0.2) is 23.4 Å². The van der Waals surface area contributed by atoms with Crippen molar-refractivity contribution in [2.75, 3.05) is 12.8 Å². The molecule has 0 radical (unpaired) electrons. The Morgan fingerprint density at radius 2 is 2.15 bits per heavy atom. The van der Waals surface area contributed by atoms with E-state index in [0.29, 0.717) is 21.8 Å². The van der Waals surface area contributed by atoms with Gasteiger partial charge in [0.05, 0.1) is 11.8 Å². The third kappa shape index (κ3) is 4.54. The number of rotatable bonds is 6. The van der Waals surface area contributed by atoms with Gasteiger partial charge in [0.25, 0.3) is 0 Å². The molecule has 26 heavy (non-hydrogen) atoms. The average molecular weight is 398 g/mol. The molecule has 0 bridgehead atoms. The minimum Gasteiger partial charge on any atom is -0.341 e. The Labute approximate surface area is 161 Å². The molecule has 0 N–H and O–H groups in total. The fraction of sp³-hybridized carbons (Fsp3) is 0.529. The van der Waals surface area contributed by atoms with Gasteiger partial charge in [-0.1, -0.05) is 48.7 Å². The van der Waals surface area contributed by atoms with Crippen LogP contribution in [0.3, 0.4) is 0 Å². The topological polar surface area (TPSA) is 63.9 Å². The van der Waals surface area contributed by atoms with Crippen LogP contribution >= 0.6 is 23.4 Å². The van der Waals surface area contributed by atoms with Gasteiger partial charge in [-0.05, 0) is 35.4 Å². The molecule has 1 amide bonds. The number of carbonyl (C=O) groups is 1. The first-order chi connectivity index (χ1) is 12.6. The summed E-state index contributed by atoms with van der Waals surface area (Å²) in [5, 5.41) is 12.9. The number of nitrogens with zero attached hydrogens (tertiary/aromatic N) is 5. The van der Waals surface area contributed by atoms with E-state index in [-0.39, 0.29) is 18.2 Å². The van der Waals surface area contributed by atoms with Gasteiger partial charge in [0.15, 0.2) is 0 Å². The summed E-state index contributed by atoms with van der Waals surface area (Å²) in [7, 11) is 1.63. The van der Waals surface area contributed by atoms with Crippen molar-refractivity contribution in [1.82, 2.24) is 25.1 Å². The zero-order valence-corrected chi connectivity index (χ0v) is 16.1. The van der Waals surface area contributed by atoms with Crippen LogP contribution in [0, 0.1) is 5.82 Å². The quantitative estimate of drug-likeness (QED) is 0.695. The molecule has 1 aliphatic carbocycles. The van der Waals surface area contributed by atoms with E-state index in [4.69, 9.17) is 11.6 Å². The summed E-state index contributed by atoms with van der Waals surface area (Å²) in [5.74, 6) is -0.353. The number of thioether (sulfide) groups is 1. The van der Waals surface area contributed by atoms with Crippen LogP contribution < -0.4 is 0 Å². The first-order valence-corrected chi connectivity index (χ1v) is 10.00. The third-order valence-electron chi connectivity index (χ3n) is 4.59. The van der Waals surface area contributed by atoms with Gasteiger partial charge < -0.3 is 4.90 Å². The largest absolute Gasteiger partial charge is 0.341 e. The molecule has 0 saturated heterocycles. The number of amides is 1. The van der Waals surface area contributed by atoms with E-state index >= 15 is 0 Å². The molecule has 1 aliphatic rings. The lowest BCUT2D eigenvalue weighted by Crippen LogP contribution is -2.28. The highest BCUT2D eigenvalue weighted by atomic mass is 35.5. The van der Waals surface area contributed by atoms with Gasteiger partial charge in [0.1, 0.15) is 5.82 Å². The molecule has 6 nitrogen and oxygen atoms in total. The number of hydrogen-bond donors (Lipinski definition) is 0. The summed E-state index contributed by atoms with van der Waals surface area (Å²) >= 11 is 7.34. The van der Waals surface area contributed by atoms with Crippen LogP contribution in [0.4, 0.5) is 4.39 Å². The molecule has 0 spiro atoms. The maximum absolute atomic E-state index is 13.9. The minimum atomic E-state index is -0.411. The van der Waals surface area contributed by atoms with E-state index in [0.717, 1.165) is 12.8 Å². The minimum absolute atomic E-state index is 0.123. The van der Waals surface area contributed by atoms with E-state index in [9.17, 15) is 9.18 Å². The summed E-state index contributed by atoms with van der Waals surface area (Å²) < 4.78 is 15.7. The summed E-state index contributed by atoms with van der Waals surface area (Å²) in [6.07, 6.45) is 5.75. The van der Waals surface area contributed by atoms with Crippen molar-refractivity contribution in [3.8, 4) is 0 Å². The maximum Gasteiger partial charge on any atom is 0.233 e. The molecule has 2 aromatic rings. The van der Waals surface area contributed by atoms with Gasteiger partial charge >= 0.3 is 0 Å². The second-order valence-electron chi connectivity index (χ2n) is 6.44. The van der Waals surface area contributed by atoms with Crippen LogP contribution in [0.1, 0.15) is 43.7 Å². The molecular formula is C17H21ClFN5OS. The molecule has 0 atom stereocenters. The monoisotopic (exact) mass is 397 g/mol. The average Bonchev–Trinajstić information content (AvgIpc) is 3.12. The number of aromatic nitrogens is 4. The van der Waals surface area contributed by atoms with Crippen molar-refractivity contribution in [2.24, 2.45) is 0 Å². The van der Waals surface area contributed by atoms with Crippen LogP contribution in [0.25, 0.3) is 0 Å². The summed E-state index contributed by atoms with van der Waals surface area (Å²) in [4.78, 5) is 13.9. The molecule has 1 aromatic heterocycles. The second kappa shape index (κ2) is 8.81. The smallest absolute Gasteiger partial charge is 0.233 e. The van der Waals surface area contributed by atoms with Crippen LogP contribution in [0.2, 0.25) is 5.02 Å². The van der Waals surface area contributed by atoms with Crippen LogP contribution in [-0.2, 0) is 11.3 Å². The highest BCUT2D eigenvalue weighted by Gasteiger charge is 2.21. The molecular weight excluding hydrogens is 377 g/mol. The van der Waals surface area contributed by atoms with Gasteiger partial charge in [-0.15, -0.1) is 5.10 Å². The Morgan fingerprint density at radius 3 is 2.88 bits per heavy atom. The number of tetrazole rings is 1. The Kier molecular flexibility index (Phi) is 6.48. The second-order valence-corrected chi connectivity index (χ2v) is 7.79. The highest BCUT2D eigenvalue weighted by molar-refractivity contribution is 7.99. The predicted octanol–water partition coefficient (Wildman–Crippen LogP) is 3.72. The highest BCUT2D eigenvalue weighted by Crippen LogP contribution is 2.30. The SMILES string of the molecule is CN(Cc1c(F)cccc1Cl)C(=O)CSc1nnnn1C1CCCCC1. The van der Waals surface area contributed by atoms with Gasteiger partial charge in [0, 0.05) is 24.2 Å². The number of benzene rings is 1. The molecule has 1 aromatic carbocycles. The molecule has 1 fully saturated rings. The standard InChI is InChI=1S/C17H21ClFN5OS/c1-23(10-13-14(18)8-5-9-15(13)19)16(25)11-26-17-20-21-22-24(17)12-6-3-2-4-7-12/h5,8-9,12H,2-4,6-7,10-11H2,1H3. The number of carbonyl (C=O) groups excluding carboxylic acids is 1. The predicted molar refractivity (Wildman–Crippen MR) is 98.5 cm³/mol. The Bertz CT molecular complexity index is 745. The van der Waals surface area contributed by atoms with E-state index < -0.39 is 5.82 Å². The van der Waals surface area contributed by atoms with Crippen LogP contribution in [-0.4, -0.2) is 43.8 Å². The van der Waals surface area contributed by atoms with Crippen molar-refractivity contribution in [3.63, 3.8) is 0 Å². The number of hydrogen-bond acceptors (Lipinski definition) is 5. The lowest BCUT2D eigenvalue weighted by molar-refractivity contribution is -0.127. The van der Waals surface area contributed by atoms with E-state index in [1.807, 2.05) is 4.68 Å². The first-order valence-electron chi connectivity index (χ1n) is 8.63. The Morgan fingerprint density at radius 1 is 1.38 bits per heavy atom. The number of halogens is 2. The van der Waals surface area contributed by atoms with Gasteiger partial charge in [-0.2, -0.15) is 0 Å². The zero-order valence-electron chi connectivity index (χ0n) is 14.6. The Hall–Kier alpha value is -1.67. The molecule has 140 valence electrons. The van der Waals surface area contributed by atoms with Gasteiger partial charge in [-0.3, -0.25) is 4.79 Å². The molecule has 1 saturated carbocycles. The van der Waals surface area contributed by atoms with Crippen molar-refractivity contribution in [1.29, 1.82) is 0 Å². The fourth-order valence-electron chi connectivity index (χ4n) is 3.08. The van der Waals surface area contributed by atoms with E-state index in [2.05, 4.69) is 15.5 Å². The maximum atomic E-state index is 13.9. The van der Waals surface area contributed by atoms with Crippen molar-refractivity contribution >= 4 is 29.3 Å². The van der Waals surface area contributed by atoms with Crippen LogP contribution in [0.5, 0.6) is 0 Å². The molecule has 0 aliphatic heterocycles. The van der Waals surface area contributed by atoms with Gasteiger partial charge in [-0.25, -0.2) is 9.07 Å². The third-order valence-corrected chi connectivity index (χ3v) is 5.86. The van der Waals surface area contributed by atoms with Gasteiger partial charge in [0.2, 0.25) is 11.1 Å². The zero-order chi connectivity index (χ0) is 18.5. The summed E-state index contributed by atoms with van der Waals surface area (Å²) in [6.45, 7) is 0.123. The fourth-order valence-corrected chi connectivity index (χ4v) is 4.19. The van der Waals surface area contributed by atoms with Crippen molar-refractivity contribution in [2.45, 2.75) is 49.8 Å². The Balaban J connectivity index is 1.58. The molecule has 3 rings (SSSR count). The first kappa shape index (κ1) is 19.1. The van der Waals surface area contributed by atoms with Crippen molar-refractivity contribution in [3.05, 3.63) is 34.6 Å². The molecule has 0 unspecified atom stereocenters. The lowest BCUT2D eigenvalue weighted by Gasteiger charge is -2.22.